The Balaban J connectivity index is 2.24. The first-order valence-corrected chi connectivity index (χ1v) is 6.86. The third kappa shape index (κ3) is 2.05. The number of Topliss-reactive ketones (excluding diaryl/α,β-unsaturated/α-hetero) is 1. The zero-order valence-corrected chi connectivity index (χ0v) is 11.7. The van der Waals surface area contributed by atoms with Gasteiger partial charge in [-0.1, -0.05) is 44.2 Å². The summed E-state index contributed by atoms with van der Waals surface area (Å²) in [7, 11) is 0. The Morgan fingerprint density at radius 1 is 1.10 bits per heavy atom. The van der Waals surface area contributed by atoms with Crippen molar-refractivity contribution < 1.29 is 9.18 Å². The molecule has 2 aromatic rings. The Hall–Kier alpha value is -1.96. The van der Waals surface area contributed by atoms with Crippen LogP contribution in [0.15, 0.2) is 48.5 Å². The van der Waals surface area contributed by atoms with E-state index in [0.717, 1.165) is 11.1 Å². The lowest BCUT2D eigenvalue weighted by Gasteiger charge is -2.39. The van der Waals surface area contributed by atoms with Gasteiger partial charge in [0, 0.05) is 17.9 Å². The number of fused-ring (bicyclic) bond motifs is 1. The highest BCUT2D eigenvalue weighted by Crippen LogP contribution is 2.48. The molecule has 0 amide bonds. The fourth-order valence-electron chi connectivity index (χ4n) is 3.33. The summed E-state index contributed by atoms with van der Waals surface area (Å²) in [5.74, 6) is -0.125. The first-order valence-electron chi connectivity index (χ1n) is 6.86. The number of ketones is 1. The van der Waals surface area contributed by atoms with Gasteiger partial charge in [0.15, 0.2) is 5.78 Å². The molecule has 0 N–H and O–H groups in total. The standard InChI is InChI=1S/C18H17FO/c1-18(2)11-16(20)14-9-8-13(19)10-15(14)17(18)12-6-4-3-5-7-12/h3-10,17H,11H2,1-2H3. The van der Waals surface area contributed by atoms with Crippen LogP contribution in [0.25, 0.3) is 0 Å². The van der Waals surface area contributed by atoms with Crippen LogP contribution in [0.5, 0.6) is 0 Å². The second-order valence-corrected chi connectivity index (χ2v) is 6.16. The number of rotatable bonds is 1. The number of hydrogen-bond donors (Lipinski definition) is 0. The van der Waals surface area contributed by atoms with Crippen molar-refractivity contribution in [2.24, 2.45) is 5.41 Å². The van der Waals surface area contributed by atoms with Crippen molar-refractivity contribution in [1.29, 1.82) is 0 Å². The number of halogens is 1. The van der Waals surface area contributed by atoms with Crippen LogP contribution in [0.3, 0.4) is 0 Å². The lowest BCUT2D eigenvalue weighted by atomic mass is 9.63. The summed E-state index contributed by atoms with van der Waals surface area (Å²) in [6.45, 7) is 4.16. The first kappa shape index (κ1) is 13.0. The zero-order chi connectivity index (χ0) is 14.3. The molecule has 1 atom stereocenters. The van der Waals surface area contributed by atoms with Crippen molar-refractivity contribution in [2.75, 3.05) is 0 Å². The van der Waals surface area contributed by atoms with Gasteiger partial charge in [-0.25, -0.2) is 4.39 Å². The Kier molecular flexibility index (Phi) is 2.97. The molecule has 2 heteroatoms. The molecule has 1 unspecified atom stereocenters. The summed E-state index contributed by atoms with van der Waals surface area (Å²) in [5, 5.41) is 0. The lowest BCUT2D eigenvalue weighted by molar-refractivity contribution is 0.0897. The van der Waals surface area contributed by atoms with E-state index < -0.39 is 0 Å². The fourth-order valence-corrected chi connectivity index (χ4v) is 3.33. The van der Waals surface area contributed by atoms with E-state index in [1.165, 1.54) is 12.1 Å². The lowest BCUT2D eigenvalue weighted by Crippen LogP contribution is -2.32. The molecule has 3 rings (SSSR count). The molecule has 2 aromatic carbocycles. The minimum absolute atomic E-state index is 0.0482. The minimum Gasteiger partial charge on any atom is -0.294 e. The van der Waals surface area contributed by atoms with E-state index in [-0.39, 0.29) is 22.9 Å². The van der Waals surface area contributed by atoms with E-state index in [9.17, 15) is 9.18 Å². The Labute approximate surface area is 118 Å². The van der Waals surface area contributed by atoms with Crippen LogP contribution in [-0.2, 0) is 0 Å². The van der Waals surface area contributed by atoms with E-state index in [4.69, 9.17) is 0 Å². The summed E-state index contributed by atoms with van der Waals surface area (Å²) < 4.78 is 13.7. The zero-order valence-electron chi connectivity index (χ0n) is 11.7. The van der Waals surface area contributed by atoms with Gasteiger partial charge in [0.2, 0.25) is 0 Å². The van der Waals surface area contributed by atoms with Crippen molar-refractivity contribution in [3.05, 3.63) is 71.0 Å². The van der Waals surface area contributed by atoms with Gasteiger partial charge in [0.05, 0.1) is 0 Å². The molecule has 0 bridgehead atoms. The number of carbonyl (C=O) groups is 1. The Morgan fingerprint density at radius 2 is 1.80 bits per heavy atom. The molecule has 0 saturated heterocycles. The molecule has 0 spiro atoms. The topological polar surface area (TPSA) is 17.1 Å². The minimum atomic E-state index is -0.282. The average Bonchev–Trinajstić information content (AvgIpc) is 2.38. The van der Waals surface area contributed by atoms with Gasteiger partial charge < -0.3 is 0 Å². The van der Waals surface area contributed by atoms with Crippen LogP contribution < -0.4 is 0 Å². The van der Waals surface area contributed by atoms with Crippen LogP contribution in [0, 0.1) is 11.2 Å². The van der Waals surface area contributed by atoms with Crippen LogP contribution in [0.1, 0.15) is 47.7 Å². The summed E-state index contributed by atoms with van der Waals surface area (Å²) >= 11 is 0. The van der Waals surface area contributed by atoms with E-state index in [1.54, 1.807) is 6.07 Å². The van der Waals surface area contributed by atoms with Crippen LogP contribution in [-0.4, -0.2) is 5.78 Å². The van der Waals surface area contributed by atoms with Crippen molar-refractivity contribution in [1.82, 2.24) is 0 Å². The van der Waals surface area contributed by atoms with Crippen molar-refractivity contribution in [3.8, 4) is 0 Å². The molecular formula is C18H17FO. The predicted octanol–water partition coefficient (Wildman–Crippen LogP) is 4.57. The maximum atomic E-state index is 13.7. The van der Waals surface area contributed by atoms with Crippen LogP contribution in [0.4, 0.5) is 4.39 Å². The van der Waals surface area contributed by atoms with Gasteiger partial charge in [-0.2, -0.15) is 0 Å². The molecule has 0 aromatic heterocycles. The quantitative estimate of drug-likeness (QED) is 0.740. The summed E-state index contributed by atoms with van der Waals surface area (Å²) in [4.78, 5) is 12.3. The molecular weight excluding hydrogens is 251 g/mol. The largest absolute Gasteiger partial charge is 0.294 e. The molecule has 20 heavy (non-hydrogen) atoms. The van der Waals surface area contributed by atoms with Crippen molar-refractivity contribution >= 4 is 5.78 Å². The molecule has 1 aliphatic carbocycles. The second-order valence-electron chi connectivity index (χ2n) is 6.16. The SMILES string of the molecule is CC1(C)CC(=O)c2ccc(F)cc2C1c1ccccc1. The Bertz CT molecular complexity index is 658. The van der Waals surface area contributed by atoms with Crippen molar-refractivity contribution in [3.63, 3.8) is 0 Å². The molecule has 1 nitrogen and oxygen atoms in total. The summed E-state index contributed by atoms with van der Waals surface area (Å²) in [6, 6.07) is 14.6. The highest BCUT2D eigenvalue weighted by Gasteiger charge is 2.40. The molecule has 0 aliphatic heterocycles. The van der Waals surface area contributed by atoms with Gasteiger partial charge in [-0.05, 0) is 34.7 Å². The summed E-state index contributed by atoms with van der Waals surface area (Å²) in [5.41, 5.74) is 2.41. The molecule has 0 saturated carbocycles. The predicted molar refractivity (Wildman–Crippen MR) is 77.4 cm³/mol. The van der Waals surface area contributed by atoms with Crippen LogP contribution >= 0.6 is 0 Å². The van der Waals surface area contributed by atoms with Gasteiger partial charge in [-0.15, -0.1) is 0 Å². The molecule has 0 fully saturated rings. The van der Waals surface area contributed by atoms with E-state index in [0.29, 0.717) is 12.0 Å². The summed E-state index contributed by atoms with van der Waals surface area (Å²) in [6.07, 6.45) is 0.491. The second kappa shape index (κ2) is 4.55. The van der Waals surface area contributed by atoms with Crippen molar-refractivity contribution in [2.45, 2.75) is 26.2 Å². The van der Waals surface area contributed by atoms with Gasteiger partial charge in [0.25, 0.3) is 0 Å². The van der Waals surface area contributed by atoms with E-state index in [2.05, 4.69) is 26.0 Å². The number of carbonyl (C=O) groups excluding carboxylic acids is 1. The maximum absolute atomic E-state index is 13.7. The molecule has 102 valence electrons. The van der Waals surface area contributed by atoms with Gasteiger partial charge in [0.1, 0.15) is 5.82 Å². The van der Waals surface area contributed by atoms with Crippen LogP contribution in [0.2, 0.25) is 0 Å². The monoisotopic (exact) mass is 268 g/mol. The van der Waals surface area contributed by atoms with Gasteiger partial charge in [-0.3, -0.25) is 4.79 Å². The van der Waals surface area contributed by atoms with E-state index in [1.807, 2.05) is 18.2 Å². The first-order chi connectivity index (χ1) is 9.49. The maximum Gasteiger partial charge on any atom is 0.163 e. The van der Waals surface area contributed by atoms with Gasteiger partial charge >= 0.3 is 0 Å². The molecule has 0 heterocycles. The highest BCUT2D eigenvalue weighted by molar-refractivity contribution is 5.99. The normalized spacial score (nSPS) is 20.6. The average molecular weight is 268 g/mol. The molecule has 0 radical (unpaired) electrons. The number of hydrogen-bond acceptors (Lipinski definition) is 1. The third-order valence-corrected chi connectivity index (χ3v) is 4.16. The number of benzene rings is 2. The smallest absolute Gasteiger partial charge is 0.163 e. The molecule has 1 aliphatic rings. The third-order valence-electron chi connectivity index (χ3n) is 4.16. The highest BCUT2D eigenvalue weighted by atomic mass is 19.1. The Morgan fingerprint density at radius 3 is 2.50 bits per heavy atom. The fraction of sp³-hybridized carbons (Fsp3) is 0.278. The van der Waals surface area contributed by atoms with E-state index >= 15 is 0 Å².